The Morgan fingerprint density at radius 3 is 1.57 bits per heavy atom. The molecule has 0 aromatic heterocycles. The molecule has 2 heteroatoms. The number of hydrogen-bond acceptors (Lipinski definition) is 0. The van der Waals surface area contributed by atoms with Crippen LogP contribution in [0.25, 0.3) is 12.2 Å². The molecule has 2 aromatic rings. The predicted molar refractivity (Wildman–Crippen MR) is 155 cm³/mol. The van der Waals surface area contributed by atoms with Gasteiger partial charge in [0.05, 0.1) is 0 Å². The summed E-state index contributed by atoms with van der Waals surface area (Å²) in [4.78, 5) is 0. The van der Waals surface area contributed by atoms with Gasteiger partial charge in [-0.15, -0.1) is 0 Å². The van der Waals surface area contributed by atoms with Crippen molar-refractivity contribution in [2.75, 3.05) is 0 Å². The Balaban J connectivity index is 1.87. The fraction of sp³-hybridized carbons (Fsp3) is 0.515. The molecule has 0 aliphatic heterocycles. The van der Waals surface area contributed by atoms with Crippen LogP contribution >= 0.6 is 0 Å². The van der Waals surface area contributed by atoms with Crippen LogP contribution in [0.15, 0.2) is 47.5 Å². The summed E-state index contributed by atoms with van der Waals surface area (Å²) in [5, 5.41) is 0. The number of benzene rings is 2. The fourth-order valence-electron chi connectivity index (χ4n) is 6.36. The summed E-state index contributed by atoms with van der Waals surface area (Å²) >= 11 is -2.17. The Morgan fingerprint density at radius 2 is 1.17 bits per heavy atom. The van der Waals surface area contributed by atoms with Gasteiger partial charge in [0.25, 0.3) is 0 Å². The van der Waals surface area contributed by atoms with E-state index in [9.17, 15) is 0 Å². The Hall–Kier alpha value is -0.993. The zero-order chi connectivity index (χ0) is 25.5. The van der Waals surface area contributed by atoms with E-state index in [-0.39, 0.29) is 10.8 Å². The van der Waals surface area contributed by atoms with Gasteiger partial charge >= 0.3 is 225 Å². The molecule has 0 N–H and O–H groups in total. The van der Waals surface area contributed by atoms with Gasteiger partial charge in [-0.2, -0.15) is 0 Å². The Labute approximate surface area is 224 Å². The maximum atomic E-state index is 2.59. The molecule has 0 fully saturated rings. The first-order valence-electron chi connectivity index (χ1n) is 13.8. The molecule has 2 aromatic carbocycles. The molecule has 0 saturated heterocycles. The van der Waals surface area contributed by atoms with Gasteiger partial charge in [-0.25, -0.2) is 0 Å². The molecule has 0 spiro atoms. The van der Waals surface area contributed by atoms with E-state index < -0.39 is 20.1 Å². The van der Waals surface area contributed by atoms with Crippen LogP contribution in [0.4, 0.5) is 0 Å². The summed E-state index contributed by atoms with van der Waals surface area (Å²) in [7, 11) is 0. The Bertz CT molecular complexity index is 1110. The van der Waals surface area contributed by atoms with Crippen LogP contribution in [0.5, 0.6) is 0 Å². The third kappa shape index (κ3) is 5.35. The molecular weight excluding hydrogens is 603 g/mol. The van der Waals surface area contributed by atoms with Crippen molar-refractivity contribution in [2.45, 2.75) is 106 Å². The van der Waals surface area contributed by atoms with E-state index in [1.54, 1.807) is 33.4 Å². The molecule has 186 valence electrons. The van der Waals surface area contributed by atoms with E-state index in [0.717, 1.165) is 7.35 Å². The van der Waals surface area contributed by atoms with Gasteiger partial charge < -0.3 is 0 Å². The minimum atomic E-state index is -2.17. The summed E-state index contributed by atoms with van der Waals surface area (Å²) in [5.74, 6) is 0. The first-order chi connectivity index (χ1) is 16.4. The monoisotopic (exact) mass is 650 g/mol. The van der Waals surface area contributed by atoms with E-state index in [0.29, 0.717) is 6.22 Å². The summed E-state index contributed by atoms with van der Waals surface area (Å²) < 4.78 is 1.51. The normalized spacial score (nSPS) is 19.2. The van der Waals surface area contributed by atoms with E-state index in [2.05, 4.69) is 111 Å². The first-order valence-corrected chi connectivity index (χ1v) is 25.5. The third-order valence-electron chi connectivity index (χ3n) is 8.03. The van der Waals surface area contributed by atoms with Crippen LogP contribution in [0.2, 0.25) is 6.04 Å². The van der Waals surface area contributed by atoms with Crippen molar-refractivity contribution < 1.29 is 20.1 Å². The SMILES string of the molecule is CCCCC[SiH]=[Hf]([CH]1C(C)=Cc2c1cccc2C(C)(C)C)[CH]1C(C)=Cc2c1cccc2C(C)(C)C. The second kappa shape index (κ2) is 10.4. The minimum absolute atomic E-state index is 0.188. The van der Waals surface area contributed by atoms with Gasteiger partial charge in [0.15, 0.2) is 0 Å². The van der Waals surface area contributed by atoms with Gasteiger partial charge in [0.1, 0.15) is 0 Å². The molecule has 0 heterocycles. The molecule has 0 nitrogen and oxygen atoms in total. The number of rotatable bonds is 6. The van der Waals surface area contributed by atoms with Crippen LogP contribution in [0.1, 0.15) is 122 Å². The number of fused-ring (bicyclic) bond motifs is 2. The molecule has 0 amide bonds. The average Bonchev–Trinajstić information content (AvgIpc) is 3.28. The van der Waals surface area contributed by atoms with Crippen molar-refractivity contribution in [3.05, 3.63) is 80.9 Å². The quantitative estimate of drug-likeness (QED) is 0.216. The second-order valence-electron chi connectivity index (χ2n) is 13.0. The zero-order valence-corrected chi connectivity index (χ0v) is 28.4. The van der Waals surface area contributed by atoms with Crippen molar-refractivity contribution in [1.29, 1.82) is 0 Å². The number of hydrogen-bond donors (Lipinski definition) is 0. The fourth-order valence-corrected chi connectivity index (χ4v) is 35.7. The van der Waals surface area contributed by atoms with Gasteiger partial charge in [0, 0.05) is 0 Å². The van der Waals surface area contributed by atoms with Crippen molar-refractivity contribution >= 4 is 18.4 Å². The Kier molecular flexibility index (Phi) is 8.04. The number of allylic oxidation sites excluding steroid dienone is 2. The Morgan fingerprint density at radius 1 is 0.714 bits per heavy atom. The predicted octanol–water partition coefficient (Wildman–Crippen LogP) is 9.48. The first kappa shape index (κ1) is 27.1. The van der Waals surface area contributed by atoms with E-state index in [1.165, 1.54) is 36.4 Å². The number of unbranched alkanes of at least 4 members (excludes halogenated alkanes) is 2. The summed E-state index contributed by atoms with van der Waals surface area (Å²) in [6.07, 6.45) is 9.93. The zero-order valence-electron chi connectivity index (χ0n) is 23.7. The second-order valence-corrected chi connectivity index (χ2v) is 31.5. The van der Waals surface area contributed by atoms with E-state index in [4.69, 9.17) is 0 Å². The van der Waals surface area contributed by atoms with Gasteiger partial charge in [0.2, 0.25) is 0 Å². The molecule has 0 saturated carbocycles. The molecule has 35 heavy (non-hydrogen) atoms. The average molecular weight is 649 g/mol. The topological polar surface area (TPSA) is 0 Å². The molecule has 4 rings (SSSR count). The van der Waals surface area contributed by atoms with Gasteiger partial charge in [-0.1, -0.05) is 0 Å². The molecule has 2 unspecified atom stereocenters. The van der Waals surface area contributed by atoms with Crippen molar-refractivity contribution in [3.63, 3.8) is 0 Å². The maximum absolute atomic E-state index is 2.59. The van der Waals surface area contributed by atoms with Gasteiger partial charge in [-0.3, -0.25) is 0 Å². The molecule has 2 aliphatic rings. The summed E-state index contributed by atoms with van der Waals surface area (Å²) in [6, 6.07) is 16.0. The summed E-state index contributed by atoms with van der Waals surface area (Å²) in [6.45, 7) is 21.6. The van der Waals surface area contributed by atoms with E-state index in [1.807, 2.05) is 0 Å². The molecule has 2 atom stereocenters. The van der Waals surface area contributed by atoms with Crippen molar-refractivity contribution in [1.82, 2.24) is 0 Å². The van der Waals surface area contributed by atoms with Gasteiger partial charge in [-0.05, 0) is 0 Å². The molecule has 2 aliphatic carbocycles. The van der Waals surface area contributed by atoms with Crippen molar-refractivity contribution in [2.24, 2.45) is 0 Å². The third-order valence-corrected chi connectivity index (χ3v) is 33.1. The van der Waals surface area contributed by atoms with Crippen LogP contribution in [0, 0.1) is 0 Å². The summed E-state index contributed by atoms with van der Waals surface area (Å²) in [5.41, 5.74) is 13.3. The molecule has 0 bridgehead atoms. The standard InChI is InChI=1S/2C14H17.C5H12Si.Hf/c2*1-10-8-11-6-5-7-13(12(11)9-10)14(2,3)4;1-2-3-4-5-6;/h2*5-9H,1-4H3;6H,2-5H2,1H3;. The van der Waals surface area contributed by atoms with Crippen LogP contribution in [-0.2, 0) is 30.9 Å². The molecular formula is C33H46HfSi. The molecule has 0 radical (unpaired) electrons. The van der Waals surface area contributed by atoms with Crippen LogP contribution < -0.4 is 0 Å². The van der Waals surface area contributed by atoms with E-state index >= 15 is 0 Å². The van der Waals surface area contributed by atoms with Crippen LogP contribution in [0.3, 0.4) is 0 Å². The van der Waals surface area contributed by atoms with Crippen LogP contribution in [-0.4, -0.2) is 6.22 Å². The van der Waals surface area contributed by atoms with Crippen molar-refractivity contribution in [3.8, 4) is 0 Å².